The van der Waals surface area contributed by atoms with E-state index in [1.807, 2.05) is 31.2 Å². The van der Waals surface area contributed by atoms with Crippen molar-refractivity contribution >= 4 is 5.78 Å². The van der Waals surface area contributed by atoms with Crippen molar-refractivity contribution in [2.75, 3.05) is 0 Å². The summed E-state index contributed by atoms with van der Waals surface area (Å²) in [6, 6.07) is 7.97. The van der Waals surface area contributed by atoms with E-state index in [4.69, 9.17) is 0 Å². The maximum Gasteiger partial charge on any atom is 0.172 e. The quantitative estimate of drug-likeness (QED) is 0.541. The van der Waals surface area contributed by atoms with Gasteiger partial charge >= 0.3 is 0 Å². The van der Waals surface area contributed by atoms with Crippen LogP contribution in [0.1, 0.15) is 35.2 Å². The minimum atomic E-state index is -0.154. The zero-order chi connectivity index (χ0) is 11.2. The number of carbonyl (C=O) groups excluding carboxylic acids is 1. The third-order valence-electron chi connectivity index (χ3n) is 4.01. The first-order chi connectivity index (χ1) is 7.70. The van der Waals surface area contributed by atoms with E-state index in [1.54, 1.807) is 0 Å². The van der Waals surface area contributed by atoms with Gasteiger partial charge < -0.3 is 0 Å². The predicted octanol–water partition coefficient (Wildman–Crippen LogP) is 3.53. The molecule has 0 aromatic heterocycles. The Bertz CT molecular complexity index is 472. The van der Waals surface area contributed by atoms with E-state index in [0.717, 1.165) is 18.4 Å². The molecule has 1 heteroatoms. The molecule has 1 aromatic carbocycles. The molecule has 1 nitrogen and oxygen atoms in total. The molecule has 2 aliphatic carbocycles. The van der Waals surface area contributed by atoms with Crippen molar-refractivity contribution in [2.45, 2.75) is 26.2 Å². The van der Waals surface area contributed by atoms with E-state index in [0.29, 0.717) is 11.7 Å². The van der Waals surface area contributed by atoms with Gasteiger partial charge in [0.15, 0.2) is 5.78 Å². The Kier molecular flexibility index (Phi) is 2.03. The van der Waals surface area contributed by atoms with Crippen LogP contribution in [0.3, 0.4) is 0 Å². The minimum absolute atomic E-state index is 0.154. The zero-order valence-corrected chi connectivity index (χ0v) is 9.57. The molecule has 2 unspecified atom stereocenters. The molecule has 0 radical (unpaired) electrons. The van der Waals surface area contributed by atoms with Crippen LogP contribution >= 0.6 is 0 Å². The van der Waals surface area contributed by atoms with Crippen molar-refractivity contribution in [1.82, 2.24) is 0 Å². The van der Waals surface area contributed by atoms with Crippen LogP contribution in [-0.4, -0.2) is 5.78 Å². The highest BCUT2D eigenvalue weighted by Gasteiger charge is 2.46. The molecule has 16 heavy (non-hydrogen) atoms. The summed E-state index contributed by atoms with van der Waals surface area (Å²) in [5, 5.41) is 0. The highest BCUT2D eigenvalue weighted by atomic mass is 16.1. The van der Waals surface area contributed by atoms with Crippen LogP contribution in [0.5, 0.6) is 0 Å². The highest BCUT2D eigenvalue weighted by Crippen LogP contribution is 2.50. The van der Waals surface area contributed by atoms with Crippen LogP contribution in [0.25, 0.3) is 0 Å². The number of carbonyl (C=O) groups is 1. The molecule has 2 aliphatic rings. The summed E-state index contributed by atoms with van der Waals surface area (Å²) in [4.78, 5) is 12.5. The second-order valence-electron chi connectivity index (χ2n) is 5.22. The molecule has 1 saturated carbocycles. The van der Waals surface area contributed by atoms with Crippen molar-refractivity contribution in [3.05, 3.63) is 47.5 Å². The number of ketones is 1. The number of aryl methyl sites for hydroxylation is 1. The van der Waals surface area contributed by atoms with Crippen LogP contribution in [0.2, 0.25) is 0 Å². The summed E-state index contributed by atoms with van der Waals surface area (Å²) in [5.41, 5.74) is 1.89. The fourth-order valence-electron chi connectivity index (χ4n) is 3.11. The maximum absolute atomic E-state index is 12.5. The van der Waals surface area contributed by atoms with Gasteiger partial charge in [0.25, 0.3) is 0 Å². The standard InChI is InChI=1S/C15H16O/c1-11-3-2-4-13(9-11)14(16)15-7-5-12(10-15)6-8-15/h2-5,7,9,12H,6,8,10H2,1H3. The molecular weight excluding hydrogens is 196 g/mol. The lowest BCUT2D eigenvalue weighted by atomic mass is 9.80. The third-order valence-corrected chi connectivity index (χ3v) is 4.01. The summed E-state index contributed by atoms with van der Waals surface area (Å²) in [6.07, 6.45) is 7.66. The van der Waals surface area contributed by atoms with E-state index in [1.165, 1.54) is 12.0 Å². The lowest BCUT2D eigenvalue weighted by molar-refractivity contribution is 0.0860. The molecule has 1 aromatic rings. The van der Waals surface area contributed by atoms with Gasteiger partial charge in [-0.05, 0) is 38.2 Å². The normalized spacial score (nSPS) is 30.9. The Morgan fingerprint density at radius 2 is 2.31 bits per heavy atom. The molecule has 0 amide bonds. The fraction of sp³-hybridized carbons (Fsp3) is 0.400. The molecule has 0 spiro atoms. The van der Waals surface area contributed by atoms with Gasteiger partial charge in [-0.15, -0.1) is 0 Å². The maximum atomic E-state index is 12.5. The number of benzene rings is 1. The minimum Gasteiger partial charge on any atom is -0.293 e. The van der Waals surface area contributed by atoms with Gasteiger partial charge in [0.05, 0.1) is 5.41 Å². The molecular formula is C15H16O. The van der Waals surface area contributed by atoms with Crippen molar-refractivity contribution < 1.29 is 4.79 Å². The largest absolute Gasteiger partial charge is 0.293 e. The number of hydrogen-bond acceptors (Lipinski definition) is 1. The van der Waals surface area contributed by atoms with Crippen molar-refractivity contribution in [1.29, 1.82) is 0 Å². The molecule has 0 N–H and O–H groups in total. The summed E-state index contributed by atoms with van der Waals surface area (Å²) >= 11 is 0. The Hall–Kier alpha value is -1.37. The zero-order valence-electron chi connectivity index (χ0n) is 9.57. The molecule has 2 bridgehead atoms. The van der Waals surface area contributed by atoms with E-state index in [9.17, 15) is 4.79 Å². The summed E-state index contributed by atoms with van der Waals surface area (Å²) < 4.78 is 0. The predicted molar refractivity (Wildman–Crippen MR) is 64.4 cm³/mol. The van der Waals surface area contributed by atoms with Crippen LogP contribution in [0, 0.1) is 18.3 Å². The van der Waals surface area contributed by atoms with Gasteiger partial charge in [-0.25, -0.2) is 0 Å². The first-order valence-corrected chi connectivity index (χ1v) is 6.00. The first-order valence-electron chi connectivity index (χ1n) is 6.00. The van der Waals surface area contributed by atoms with Gasteiger partial charge in [-0.2, -0.15) is 0 Å². The van der Waals surface area contributed by atoms with Gasteiger partial charge in [-0.3, -0.25) is 4.79 Å². The average Bonchev–Trinajstić information content (AvgIpc) is 2.89. The van der Waals surface area contributed by atoms with Gasteiger partial charge in [-0.1, -0.05) is 35.9 Å². The fourth-order valence-corrected chi connectivity index (χ4v) is 3.11. The molecule has 0 aliphatic heterocycles. The number of rotatable bonds is 2. The Balaban J connectivity index is 1.97. The third kappa shape index (κ3) is 1.35. The summed E-state index contributed by atoms with van der Waals surface area (Å²) in [7, 11) is 0. The Morgan fingerprint density at radius 1 is 1.44 bits per heavy atom. The lowest BCUT2D eigenvalue weighted by Crippen LogP contribution is -2.24. The number of hydrogen-bond donors (Lipinski definition) is 0. The monoisotopic (exact) mass is 212 g/mol. The number of Topliss-reactive ketones (excluding diaryl/α,β-unsaturated/α-hetero) is 1. The van der Waals surface area contributed by atoms with E-state index >= 15 is 0 Å². The van der Waals surface area contributed by atoms with Gasteiger partial charge in [0.2, 0.25) is 0 Å². The summed E-state index contributed by atoms with van der Waals surface area (Å²) in [5.74, 6) is 0.987. The number of allylic oxidation sites excluding steroid dienone is 2. The van der Waals surface area contributed by atoms with Crippen molar-refractivity contribution in [2.24, 2.45) is 11.3 Å². The molecule has 82 valence electrons. The van der Waals surface area contributed by atoms with Crippen LogP contribution in [0.4, 0.5) is 0 Å². The van der Waals surface area contributed by atoms with Crippen LogP contribution in [0.15, 0.2) is 36.4 Å². The second-order valence-corrected chi connectivity index (χ2v) is 5.22. The lowest BCUT2D eigenvalue weighted by Gasteiger charge is -2.21. The molecule has 0 heterocycles. The van der Waals surface area contributed by atoms with E-state index < -0.39 is 0 Å². The van der Waals surface area contributed by atoms with Crippen LogP contribution < -0.4 is 0 Å². The molecule has 1 fully saturated rings. The topological polar surface area (TPSA) is 17.1 Å². The Morgan fingerprint density at radius 3 is 2.88 bits per heavy atom. The summed E-state index contributed by atoms with van der Waals surface area (Å²) in [6.45, 7) is 2.04. The number of fused-ring (bicyclic) bond motifs is 2. The molecule has 0 saturated heterocycles. The molecule has 3 rings (SSSR count). The van der Waals surface area contributed by atoms with Gasteiger partial charge in [0.1, 0.15) is 0 Å². The highest BCUT2D eigenvalue weighted by molar-refractivity contribution is 6.02. The second kappa shape index (κ2) is 3.31. The average molecular weight is 212 g/mol. The Labute approximate surface area is 96.2 Å². The SMILES string of the molecule is Cc1cccc(C(=O)C23C=CC(CC2)C3)c1. The van der Waals surface area contributed by atoms with Gasteiger partial charge in [0, 0.05) is 5.56 Å². The van der Waals surface area contributed by atoms with E-state index in [2.05, 4.69) is 12.2 Å². The van der Waals surface area contributed by atoms with Crippen LogP contribution in [-0.2, 0) is 0 Å². The van der Waals surface area contributed by atoms with Crippen molar-refractivity contribution in [3.63, 3.8) is 0 Å². The van der Waals surface area contributed by atoms with E-state index in [-0.39, 0.29) is 5.41 Å². The first kappa shape index (κ1) is 9.83. The molecule has 2 atom stereocenters. The smallest absolute Gasteiger partial charge is 0.172 e. The van der Waals surface area contributed by atoms with Crippen molar-refractivity contribution in [3.8, 4) is 0 Å².